The highest BCUT2D eigenvalue weighted by Gasteiger charge is 2.02. The molecule has 0 bridgehead atoms. The zero-order valence-corrected chi connectivity index (χ0v) is 10.1. The number of nitrogens with one attached hydrogen (secondary N) is 1. The topological polar surface area (TPSA) is 49.3 Å². The van der Waals surface area contributed by atoms with Gasteiger partial charge in [-0.15, -0.1) is 0 Å². The smallest absolute Gasteiger partial charge is 0.303 e. The van der Waals surface area contributed by atoms with Crippen molar-refractivity contribution in [3.63, 3.8) is 0 Å². The van der Waals surface area contributed by atoms with E-state index in [-0.39, 0.29) is 12.2 Å². The Hall–Kier alpha value is -1.13. The average Bonchev–Trinajstić information content (AvgIpc) is 2.27. The molecule has 0 aromatic heterocycles. The minimum absolute atomic E-state index is 0.151. The monoisotopic (exact) mass is 259 g/mol. The van der Waals surface area contributed by atoms with Crippen molar-refractivity contribution in [2.75, 3.05) is 13.1 Å². The lowest BCUT2D eigenvalue weighted by atomic mass is 10.1. The summed E-state index contributed by atoms with van der Waals surface area (Å²) in [7, 11) is 0. The number of carboxylic acids is 1. The molecular formula is C12H15ClFNO2. The number of rotatable bonds is 7. The zero-order valence-electron chi connectivity index (χ0n) is 9.38. The Morgan fingerprint density at radius 2 is 2.18 bits per heavy atom. The lowest BCUT2D eigenvalue weighted by molar-refractivity contribution is -0.137. The lowest BCUT2D eigenvalue weighted by Crippen LogP contribution is -2.19. The van der Waals surface area contributed by atoms with Gasteiger partial charge in [-0.25, -0.2) is 4.39 Å². The van der Waals surface area contributed by atoms with E-state index in [1.54, 1.807) is 6.07 Å². The molecule has 0 unspecified atom stereocenters. The Kier molecular flexibility index (Phi) is 5.94. The van der Waals surface area contributed by atoms with Crippen molar-refractivity contribution in [3.8, 4) is 0 Å². The largest absolute Gasteiger partial charge is 0.481 e. The van der Waals surface area contributed by atoms with Gasteiger partial charge in [0, 0.05) is 11.4 Å². The number of carboxylic acid groups (broad SMARTS) is 1. The normalized spacial score (nSPS) is 10.5. The summed E-state index contributed by atoms with van der Waals surface area (Å²) < 4.78 is 13.3. The van der Waals surface area contributed by atoms with Crippen LogP contribution in [-0.4, -0.2) is 24.2 Å². The zero-order chi connectivity index (χ0) is 12.7. The van der Waals surface area contributed by atoms with Crippen LogP contribution in [-0.2, 0) is 11.2 Å². The highest BCUT2D eigenvalue weighted by molar-refractivity contribution is 6.30. The summed E-state index contributed by atoms with van der Waals surface area (Å²) in [6.07, 6.45) is 1.27. The van der Waals surface area contributed by atoms with Gasteiger partial charge in [-0.05, 0) is 49.7 Å². The number of carbonyl (C=O) groups is 1. The summed E-state index contributed by atoms with van der Waals surface area (Å²) >= 11 is 5.76. The molecule has 0 radical (unpaired) electrons. The second kappa shape index (κ2) is 7.25. The molecule has 5 heteroatoms. The molecule has 1 aromatic carbocycles. The Balaban J connectivity index is 2.22. The van der Waals surface area contributed by atoms with Crippen molar-refractivity contribution in [3.05, 3.63) is 34.6 Å². The Morgan fingerprint density at radius 1 is 1.41 bits per heavy atom. The maximum Gasteiger partial charge on any atom is 0.303 e. The second-order valence-electron chi connectivity index (χ2n) is 3.73. The summed E-state index contributed by atoms with van der Waals surface area (Å²) in [4.78, 5) is 10.2. The molecular weight excluding hydrogens is 245 g/mol. The number of hydrogen-bond acceptors (Lipinski definition) is 2. The summed E-state index contributed by atoms with van der Waals surface area (Å²) in [5.74, 6) is -1.06. The molecule has 0 aliphatic rings. The van der Waals surface area contributed by atoms with E-state index in [0.29, 0.717) is 36.5 Å². The van der Waals surface area contributed by atoms with E-state index in [4.69, 9.17) is 16.7 Å². The molecule has 0 saturated heterocycles. The lowest BCUT2D eigenvalue weighted by Gasteiger charge is -2.05. The summed E-state index contributed by atoms with van der Waals surface area (Å²) in [5, 5.41) is 12.0. The predicted molar refractivity (Wildman–Crippen MR) is 64.9 cm³/mol. The first-order valence-electron chi connectivity index (χ1n) is 5.46. The van der Waals surface area contributed by atoms with Gasteiger partial charge < -0.3 is 10.4 Å². The van der Waals surface area contributed by atoms with Crippen LogP contribution in [0, 0.1) is 5.82 Å². The predicted octanol–water partition coefficient (Wildman–Crippen LogP) is 2.48. The molecule has 0 fully saturated rings. The third-order valence-corrected chi connectivity index (χ3v) is 2.56. The number of hydrogen-bond donors (Lipinski definition) is 2. The molecule has 0 saturated carbocycles. The van der Waals surface area contributed by atoms with E-state index in [9.17, 15) is 9.18 Å². The Labute approximate surface area is 105 Å². The van der Waals surface area contributed by atoms with Crippen LogP contribution in [0.15, 0.2) is 18.2 Å². The van der Waals surface area contributed by atoms with Gasteiger partial charge in [-0.3, -0.25) is 4.79 Å². The summed E-state index contributed by atoms with van der Waals surface area (Å²) in [5.41, 5.74) is 0.572. The van der Waals surface area contributed by atoms with E-state index in [2.05, 4.69) is 5.32 Å². The first kappa shape index (κ1) is 13.9. The molecule has 94 valence electrons. The van der Waals surface area contributed by atoms with Crippen LogP contribution in [0.1, 0.15) is 18.4 Å². The van der Waals surface area contributed by atoms with Crippen LogP contribution in [0.2, 0.25) is 5.02 Å². The maximum absolute atomic E-state index is 13.3. The highest BCUT2D eigenvalue weighted by atomic mass is 35.5. The van der Waals surface area contributed by atoms with E-state index in [0.717, 1.165) is 0 Å². The second-order valence-corrected chi connectivity index (χ2v) is 4.17. The fraction of sp³-hybridized carbons (Fsp3) is 0.417. The third-order valence-electron chi connectivity index (χ3n) is 2.32. The van der Waals surface area contributed by atoms with Crippen LogP contribution < -0.4 is 5.32 Å². The molecule has 17 heavy (non-hydrogen) atoms. The van der Waals surface area contributed by atoms with E-state index in [1.165, 1.54) is 12.1 Å². The van der Waals surface area contributed by atoms with Crippen LogP contribution in [0.25, 0.3) is 0 Å². The van der Waals surface area contributed by atoms with Gasteiger partial charge in [-0.2, -0.15) is 0 Å². The van der Waals surface area contributed by atoms with Crippen LogP contribution in [0.5, 0.6) is 0 Å². The molecule has 1 rings (SSSR count). The van der Waals surface area contributed by atoms with E-state index < -0.39 is 5.97 Å². The van der Waals surface area contributed by atoms with Crippen molar-refractivity contribution in [2.24, 2.45) is 0 Å². The van der Waals surface area contributed by atoms with E-state index in [1.807, 2.05) is 0 Å². The number of aliphatic carboxylic acids is 1. The van der Waals surface area contributed by atoms with Gasteiger partial charge >= 0.3 is 5.97 Å². The van der Waals surface area contributed by atoms with Gasteiger partial charge in [0.25, 0.3) is 0 Å². The quantitative estimate of drug-likeness (QED) is 0.740. The van der Waals surface area contributed by atoms with Gasteiger partial charge in [-0.1, -0.05) is 11.6 Å². The van der Waals surface area contributed by atoms with Crippen LogP contribution in [0.3, 0.4) is 0 Å². The average molecular weight is 260 g/mol. The fourth-order valence-corrected chi connectivity index (χ4v) is 1.64. The SMILES string of the molecule is O=C(O)CCCNCCc1cc(Cl)ccc1F. The van der Waals surface area contributed by atoms with Gasteiger partial charge in [0.05, 0.1) is 0 Å². The maximum atomic E-state index is 13.3. The Bertz CT molecular complexity index is 385. The summed E-state index contributed by atoms with van der Waals surface area (Å²) in [6.45, 7) is 1.23. The van der Waals surface area contributed by atoms with Crippen molar-refractivity contribution in [2.45, 2.75) is 19.3 Å². The van der Waals surface area contributed by atoms with E-state index >= 15 is 0 Å². The van der Waals surface area contributed by atoms with Gasteiger partial charge in [0.2, 0.25) is 0 Å². The minimum atomic E-state index is -0.798. The fourth-order valence-electron chi connectivity index (χ4n) is 1.45. The first-order chi connectivity index (χ1) is 8.09. The minimum Gasteiger partial charge on any atom is -0.481 e. The molecule has 1 aromatic rings. The van der Waals surface area contributed by atoms with Gasteiger partial charge in [0.1, 0.15) is 5.82 Å². The van der Waals surface area contributed by atoms with Crippen molar-refractivity contribution in [1.29, 1.82) is 0 Å². The molecule has 0 amide bonds. The molecule has 0 atom stereocenters. The molecule has 0 aliphatic carbocycles. The molecule has 3 nitrogen and oxygen atoms in total. The first-order valence-corrected chi connectivity index (χ1v) is 5.84. The standard InChI is InChI=1S/C12H15ClFNO2/c13-10-3-4-11(14)9(8-10)5-7-15-6-1-2-12(16)17/h3-4,8,15H,1-2,5-7H2,(H,16,17). The molecule has 0 aliphatic heterocycles. The third kappa shape index (κ3) is 5.65. The summed E-state index contributed by atoms with van der Waals surface area (Å²) in [6, 6.07) is 4.47. The van der Waals surface area contributed by atoms with Crippen LogP contribution in [0.4, 0.5) is 4.39 Å². The van der Waals surface area contributed by atoms with Gasteiger partial charge in [0.15, 0.2) is 0 Å². The van der Waals surface area contributed by atoms with Crippen molar-refractivity contribution in [1.82, 2.24) is 5.32 Å². The highest BCUT2D eigenvalue weighted by Crippen LogP contribution is 2.14. The molecule has 0 spiro atoms. The van der Waals surface area contributed by atoms with Crippen molar-refractivity contribution >= 4 is 17.6 Å². The number of benzene rings is 1. The Morgan fingerprint density at radius 3 is 2.88 bits per heavy atom. The molecule has 0 heterocycles. The number of halogens is 2. The van der Waals surface area contributed by atoms with Crippen molar-refractivity contribution < 1.29 is 14.3 Å². The molecule has 2 N–H and O–H groups in total. The van der Waals surface area contributed by atoms with Crippen LogP contribution >= 0.6 is 11.6 Å².